The second kappa shape index (κ2) is 3.08. The van der Waals surface area contributed by atoms with E-state index >= 15 is 0 Å². The van der Waals surface area contributed by atoms with Crippen molar-refractivity contribution in [2.45, 2.75) is 20.4 Å². The van der Waals surface area contributed by atoms with Crippen LogP contribution in [0.3, 0.4) is 0 Å². The number of aryl methyl sites for hydroxylation is 2. The molecule has 6 nitrogen and oxygen atoms in total. The number of hydrogen-bond donors (Lipinski definition) is 1. The lowest BCUT2D eigenvalue weighted by Gasteiger charge is -1.99. The van der Waals surface area contributed by atoms with Gasteiger partial charge in [-0.25, -0.2) is 4.79 Å². The minimum Gasteiger partial charge on any atom is -0.304 e. The first-order chi connectivity index (χ1) is 7.06. The number of aromatic amines is 1. The summed E-state index contributed by atoms with van der Waals surface area (Å²) in [5.74, 6) is 0. The van der Waals surface area contributed by atoms with E-state index < -0.39 is 5.69 Å². The first-order valence-corrected chi connectivity index (χ1v) is 4.72. The molecule has 0 fully saturated rings. The van der Waals surface area contributed by atoms with Crippen molar-refractivity contribution >= 4 is 11.0 Å². The standard InChI is InChI=1S/C9H12N4O2/c1-4-13-7-6(5(2)11-13)10-9(15)12(3)8(7)14/h4H2,1-3H3,(H,10,15). The highest BCUT2D eigenvalue weighted by Crippen LogP contribution is 2.09. The lowest BCUT2D eigenvalue weighted by atomic mass is 10.3. The first kappa shape index (κ1) is 9.70. The number of nitrogens with one attached hydrogen (secondary N) is 1. The molecule has 0 atom stereocenters. The maximum atomic E-state index is 11.8. The van der Waals surface area contributed by atoms with Crippen LogP contribution < -0.4 is 11.2 Å². The summed E-state index contributed by atoms with van der Waals surface area (Å²) in [4.78, 5) is 25.8. The molecule has 0 saturated carbocycles. The predicted molar refractivity (Wildman–Crippen MR) is 56.0 cm³/mol. The van der Waals surface area contributed by atoms with E-state index in [1.54, 1.807) is 11.6 Å². The second-order valence-corrected chi connectivity index (χ2v) is 3.42. The number of fused-ring (bicyclic) bond motifs is 1. The molecule has 80 valence electrons. The van der Waals surface area contributed by atoms with E-state index in [9.17, 15) is 9.59 Å². The molecule has 2 aromatic rings. The van der Waals surface area contributed by atoms with Crippen molar-refractivity contribution in [1.29, 1.82) is 0 Å². The molecule has 0 radical (unpaired) electrons. The number of hydrogen-bond acceptors (Lipinski definition) is 3. The summed E-state index contributed by atoms with van der Waals surface area (Å²) in [6.45, 7) is 4.27. The molecular weight excluding hydrogens is 196 g/mol. The zero-order valence-corrected chi connectivity index (χ0v) is 8.87. The Bertz CT molecular complexity index is 632. The minimum absolute atomic E-state index is 0.309. The quantitative estimate of drug-likeness (QED) is 0.702. The van der Waals surface area contributed by atoms with Gasteiger partial charge in [0.15, 0.2) is 5.52 Å². The number of aromatic nitrogens is 4. The second-order valence-electron chi connectivity index (χ2n) is 3.42. The molecule has 0 aliphatic carbocycles. The average molecular weight is 208 g/mol. The Morgan fingerprint density at radius 1 is 1.40 bits per heavy atom. The zero-order chi connectivity index (χ0) is 11.2. The van der Waals surface area contributed by atoms with Gasteiger partial charge in [0.2, 0.25) is 0 Å². The van der Waals surface area contributed by atoms with E-state index in [-0.39, 0.29) is 5.56 Å². The van der Waals surface area contributed by atoms with Crippen molar-refractivity contribution in [2.24, 2.45) is 7.05 Å². The van der Waals surface area contributed by atoms with Crippen LogP contribution in [0, 0.1) is 6.92 Å². The van der Waals surface area contributed by atoms with Crippen LogP contribution in [0.25, 0.3) is 11.0 Å². The van der Waals surface area contributed by atoms with Crippen LogP contribution in [0.2, 0.25) is 0 Å². The van der Waals surface area contributed by atoms with Gasteiger partial charge in [-0.2, -0.15) is 5.10 Å². The van der Waals surface area contributed by atoms with Gasteiger partial charge in [-0.15, -0.1) is 0 Å². The Balaban J connectivity index is 3.09. The lowest BCUT2D eigenvalue weighted by Crippen LogP contribution is -2.33. The Kier molecular flexibility index (Phi) is 1.99. The monoisotopic (exact) mass is 208 g/mol. The number of rotatable bonds is 1. The summed E-state index contributed by atoms with van der Waals surface area (Å²) in [5.41, 5.74) is 0.936. The largest absolute Gasteiger partial charge is 0.328 e. The third-order valence-electron chi connectivity index (χ3n) is 2.47. The van der Waals surface area contributed by atoms with Crippen molar-refractivity contribution in [3.05, 3.63) is 26.5 Å². The van der Waals surface area contributed by atoms with E-state index in [2.05, 4.69) is 10.1 Å². The minimum atomic E-state index is -0.411. The van der Waals surface area contributed by atoms with Crippen LogP contribution in [0.4, 0.5) is 0 Å². The molecule has 0 saturated heterocycles. The Morgan fingerprint density at radius 2 is 2.07 bits per heavy atom. The Labute approximate surface area is 85.2 Å². The van der Waals surface area contributed by atoms with Gasteiger partial charge in [-0.05, 0) is 13.8 Å². The maximum Gasteiger partial charge on any atom is 0.328 e. The summed E-state index contributed by atoms with van der Waals surface area (Å²) in [7, 11) is 1.45. The van der Waals surface area contributed by atoms with Crippen molar-refractivity contribution < 1.29 is 0 Å². The Hall–Kier alpha value is -1.85. The third-order valence-corrected chi connectivity index (χ3v) is 2.47. The molecule has 2 aromatic heterocycles. The molecule has 1 N–H and O–H groups in total. The molecule has 0 aromatic carbocycles. The van der Waals surface area contributed by atoms with Gasteiger partial charge >= 0.3 is 5.69 Å². The van der Waals surface area contributed by atoms with Crippen molar-refractivity contribution in [3.63, 3.8) is 0 Å². The van der Waals surface area contributed by atoms with E-state index in [0.717, 1.165) is 4.57 Å². The Morgan fingerprint density at radius 3 is 2.67 bits per heavy atom. The molecule has 0 aliphatic heterocycles. The molecule has 2 rings (SSSR count). The SMILES string of the molecule is CCn1nc(C)c2[nH]c(=O)n(C)c(=O)c21. The van der Waals surface area contributed by atoms with Crippen LogP contribution in [0.15, 0.2) is 9.59 Å². The van der Waals surface area contributed by atoms with Gasteiger partial charge in [0.25, 0.3) is 5.56 Å². The smallest absolute Gasteiger partial charge is 0.304 e. The number of H-pyrrole nitrogens is 1. The highest BCUT2D eigenvalue weighted by molar-refractivity contribution is 5.75. The van der Waals surface area contributed by atoms with E-state index in [1.807, 2.05) is 6.92 Å². The molecule has 0 unspecified atom stereocenters. The summed E-state index contributed by atoms with van der Waals surface area (Å²) >= 11 is 0. The van der Waals surface area contributed by atoms with Crippen LogP contribution in [0.1, 0.15) is 12.6 Å². The third kappa shape index (κ3) is 1.21. The van der Waals surface area contributed by atoms with Gasteiger partial charge in [0.1, 0.15) is 0 Å². The summed E-state index contributed by atoms with van der Waals surface area (Å²) < 4.78 is 2.65. The van der Waals surface area contributed by atoms with E-state index in [4.69, 9.17) is 0 Å². The average Bonchev–Trinajstić information content (AvgIpc) is 2.52. The van der Waals surface area contributed by atoms with Gasteiger partial charge in [-0.3, -0.25) is 14.0 Å². The predicted octanol–water partition coefficient (Wildman–Crippen LogP) is -0.248. The molecular formula is C9H12N4O2. The number of nitrogens with zero attached hydrogens (tertiary/aromatic N) is 3. The maximum absolute atomic E-state index is 11.8. The van der Waals surface area contributed by atoms with Crippen molar-refractivity contribution in [2.75, 3.05) is 0 Å². The lowest BCUT2D eigenvalue weighted by molar-refractivity contribution is 0.667. The van der Waals surface area contributed by atoms with Crippen molar-refractivity contribution in [3.8, 4) is 0 Å². The highest BCUT2D eigenvalue weighted by atomic mass is 16.2. The summed E-state index contributed by atoms with van der Waals surface area (Å²) in [5, 5.41) is 4.18. The first-order valence-electron chi connectivity index (χ1n) is 4.72. The molecule has 0 aliphatic rings. The molecule has 6 heteroatoms. The molecule has 0 spiro atoms. The fourth-order valence-electron chi connectivity index (χ4n) is 1.62. The van der Waals surface area contributed by atoms with Gasteiger partial charge in [0, 0.05) is 13.6 Å². The highest BCUT2D eigenvalue weighted by Gasteiger charge is 2.12. The molecule has 2 heterocycles. The van der Waals surface area contributed by atoms with Crippen LogP contribution in [0.5, 0.6) is 0 Å². The van der Waals surface area contributed by atoms with E-state index in [0.29, 0.717) is 23.3 Å². The van der Waals surface area contributed by atoms with Crippen LogP contribution in [-0.2, 0) is 13.6 Å². The van der Waals surface area contributed by atoms with E-state index in [1.165, 1.54) is 7.05 Å². The summed E-state index contributed by atoms with van der Waals surface area (Å²) in [6, 6.07) is 0. The van der Waals surface area contributed by atoms with Gasteiger partial charge < -0.3 is 4.98 Å². The fraction of sp³-hybridized carbons (Fsp3) is 0.444. The normalized spacial score (nSPS) is 11.1. The van der Waals surface area contributed by atoms with Crippen LogP contribution >= 0.6 is 0 Å². The molecule has 0 bridgehead atoms. The van der Waals surface area contributed by atoms with Gasteiger partial charge in [-0.1, -0.05) is 0 Å². The summed E-state index contributed by atoms with van der Waals surface area (Å²) in [6.07, 6.45) is 0. The van der Waals surface area contributed by atoms with Crippen molar-refractivity contribution in [1.82, 2.24) is 19.3 Å². The fourth-order valence-corrected chi connectivity index (χ4v) is 1.62. The molecule has 0 amide bonds. The molecule has 15 heavy (non-hydrogen) atoms. The van der Waals surface area contributed by atoms with Gasteiger partial charge in [0.05, 0.1) is 11.2 Å². The van der Waals surface area contributed by atoms with Crippen LogP contribution in [-0.4, -0.2) is 19.3 Å². The topological polar surface area (TPSA) is 72.7 Å². The zero-order valence-electron chi connectivity index (χ0n) is 8.87.